The van der Waals surface area contributed by atoms with Gasteiger partial charge in [-0.05, 0) is 105 Å². The van der Waals surface area contributed by atoms with Gasteiger partial charge in [-0.25, -0.2) is 9.69 Å². The number of carbonyl (C=O) groups excluding carboxylic acids is 5. The number of methoxy groups -OCH3 is 2. The molecule has 1 saturated heterocycles. The quantitative estimate of drug-likeness (QED) is 0.0617. The first kappa shape index (κ1) is 53.2. The normalized spacial score (nSPS) is 19.4. The fourth-order valence-electron chi connectivity index (χ4n) is 8.95. The molecule has 0 radical (unpaired) electrons. The summed E-state index contributed by atoms with van der Waals surface area (Å²) in [7, 11) is 0.230. The molecule has 0 aliphatic carbocycles. The number of unbranched alkanes of at least 4 members (excludes halogenated alkanes) is 2. The Morgan fingerprint density at radius 2 is 1.49 bits per heavy atom. The average molecular weight is 1010 g/mol. The van der Waals surface area contributed by atoms with Crippen LogP contribution in [0.1, 0.15) is 106 Å². The van der Waals surface area contributed by atoms with Crippen molar-refractivity contribution in [3.8, 4) is 23.0 Å². The van der Waals surface area contributed by atoms with Crippen molar-refractivity contribution in [2.75, 3.05) is 49.5 Å². The Hall–Kier alpha value is -6.64. The molecule has 4 aliphatic rings. The lowest BCUT2D eigenvalue weighted by Crippen LogP contribution is -2.57. The van der Waals surface area contributed by atoms with Crippen LogP contribution in [0.4, 0.5) is 21.9 Å². The first-order valence-electron chi connectivity index (χ1n) is 24.6. The second-order valence-electron chi connectivity index (χ2n) is 20.6. The molecule has 20 heteroatoms. The standard InChI is InChI=1S/C52H69N7O12Si/c1-29(2)44(53)47(62)54-30(3)45(60)55-33-18-16-31(17-19-33)32-23-39-50(71-72(9,10)52(4,5)6)59(51(65)66)38-27-43(41(68-8)25-35(38)49(64)58(39)28-32)70-22-13-11-12-21-69-42-26-36-34(24-40(42)67-7)48(63)57-20-14-15-37(57)46(61)56-36/h16-19,24-30,37,39,44,50H,11-15,20-23,53H2,1-10H3,(H,54,62)(H,55,60)(H,56,61)(H,65,66)/t30-,37-,39-,44-,50-/m0/s1. The van der Waals surface area contributed by atoms with Crippen LogP contribution in [-0.2, 0) is 18.8 Å². The molecule has 3 aromatic rings. The number of nitrogens with zero attached hydrogens (tertiary/aromatic N) is 3. The molecule has 6 amide bonds. The van der Waals surface area contributed by atoms with Crippen LogP contribution in [0.5, 0.6) is 23.0 Å². The zero-order valence-corrected chi connectivity index (χ0v) is 43.9. The lowest BCUT2D eigenvalue weighted by atomic mass is 10.0. The number of nitrogens with one attached hydrogen (secondary N) is 3. The minimum Gasteiger partial charge on any atom is -0.493 e. The number of amides is 6. The number of carbonyl (C=O) groups is 6. The van der Waals surface area contributed by atoms with E-state index in [1.54, 1.807) is 47.2 Å². The third kappa shape index (κ3) is 11.0. The van der Waals surface area contributed by atoms with E-state index in [1.165, 1.54) is 26.4 Å². The van der Waals surface area contributed by atoms with Crippen molar-refractivity contribution >= 4 is 66.6 Å². The van der Waals surface area contributed by atoms with Gasteiger partial charge in [-0.2, -0.15) is 0 Å². The highest BCUT2D eigenvalue weighted by Crippen LogP contribution is 2.47. The molecular weight excluding hydrogens is 943 g/mol. The van der Waals surface area contributed by atoms with E-state index in [0.29, 0.717) is 67.3 Å². The van der Waals surface area contributed by atoms with Crippen LogP contribution in [0.2, 0.25) is 18.1 Å². The number of benzene rings is 3. The van der Waals surface area contributed by atoms with Crippen molar-refractivity contribution in [3.63, 3.8) is 0 Å². The summed E-state index contributed by atoms with van der Waals surface area (Å²) in [6, 6.07) is 10.5. The van der Waals surface area contributed by atoms with Crippen molar-refractivity contribution in [2.24, 2.45) is 11.7 Å². The molecule has 0 aromatic heterocycles. The number of carboxylic acid groups (broad SMARTS) is 1. The predicted molar refractivity (Wildman–Crippen MR) is 274 cm³/mol. The lowest BCUT2D eigenvalue weighted by Gasteiger charge is -2.44. The maximum atomic E-state index is 14.8. The van der Waals surface area contributed by atoms with E-state index in [2.05, 4.69) is 36.7 Å². The highest BCUT2D eigenvalue weighted by Gasteiger charge is 2.51. The van der Waals surface area contributed by atoms with Gasteiger partial charge in [0.1, 0.15) is 12.1 Å². The molecule has 388 valence electrons. The van der Waals surface area contributed by atoms with Gasteiger partial charge in [-0.1, -0.05) is 46.8 Å². The SMILES string of the molecule is COc1cc2c(cc1OCCCCCOc1cc3c(cc1OC)C(=O)N1C=C(c4ccc(NC(=O)[C@H](C)NC(=O)[C@@H](N)C(C)C)cc4)C[C@H]1[C@H](O[Si](C)(C)C(C)(C)C)N3C(=O)O)NC(=O)[C@@H]1CCCN1C2=O. The molecule has 1 fully saturated rings. The molecule has 6 N–H and O–H groups in total. The molecule has 3 aromatic carbocycles. The van der Waals surface area contributed by atoms with Crippen LogP contribution in [0.15, 0.2) is 54.7 Å². The maximum absolute atomic E-state index is 14.8. The summed E-state index contributed by atoms with van der Waals surface area (Å²) in [6.45, 7) is 16.6. The van der Waals surface area contributed by atoms with Gasteiger partial charge in [0.15, 0.2) is 37.5 Å². The number of hydrogen-bond donors (Lipinski definition) is 5. The Bertz CT molecular complexity index is 2610. The Kier molecular flexibility index (Phi) is 16.0. The summed E-state index contributed by atoms with van der Waals surface area (Å²) in [4.78, 5) is 84.4. The number of rotatable bonds is 18. The Morgan fingerprint density at radius 1 is 0.861 bits per heavy atom. The molecule has 4 aliphatic heterocycles. The molecule has 4 heterocycles. The van der Waals surface area contributed by atoms with Gasteiger partial charge in [0.2, 0.25) is 17.7 Å². The van der Waals surface area contributed by atoms with Gasteiger partial charge in [0.05, 0.1) is 62.0 Å². The summed E-state index contributed by atoms with van der Waals surface area (Å²) in [5.74, 6) is -0.536. The summed E-state index contributed by atoms with van der Waals surface area (Å²) in [6.07, 6.45) is 2.86. The first-order chi connectivity index (χ1) is 34.0. The zero-order valence-electron chi connectivity index (χ0n) is 42.9. The maximum Gasteiger partial charge on any atom is 0.414 e. The van der Waals surface area contributed by atoms with Crippen LogP contribution >= 0.6 is 0 Å². The van der Waals surface area contributed by atoms with E-state index >= 15 is 0 Å². The second-order valence-corrected chi connectivity index (χ2v) is 25.4. The van der Waals surface area contributed by atoms with Gasteiger partial charge in [0.25, 0.3) is 11.8 Å². The number of anilines is 3. The number of hydrogen-bond acceptors (Lipinski definition) is 12. The highest BCUT2D eigenvalue weighted by molar-refractivity contribution is 6.74. The molecule has 7 rings (SSSR count). The summed E-state index contributed by atoms with van der Waals surface area (Å²) >= 11 is 0. The second kappa shape index (κ2) is 21.6. The molecule has 0 unspecified atom stereocenters. The minimum absolute atomic E-state index is 0.0914. The van der Waals surface area contributed by atoms with Gasteiger partial charge in [-0.3, -0.25) is 24.0 Å². The Balaban J connectivity index is 1.06. The minimum atomic E-state index is -2.72. The predicted octanol–water partition coefficient (Wildman–Crippen LogP) is 7.42. The van der Waals surface area contributed by atoms with Gasteiger partial charge < -0.3 is 60.0 Å². The van der Waals surface area contributed by atoms with E-state index in [-0.39, 0.29) is 58.5 Å². The fraction of sp³-hybridized carbons (Fsp3) is 0.500. The number of ether oxygens (including phenoxy) is 4. The van der Waals surface area contributed by atoms with Crippen LogP contribution in [0.25, 0.3) is 5.57 Å². The van der Waals surface area contributed by atoms with E-state index in [4.69, 9.17) is 29.1 Å². The molecule has 5 atom stereocenters. The van der Waals surface area contributed by atoms with Crippen LogP contribution in [0, 0.1) is 5.92 Å². The third-order valence-electron chi connectivity index (χ3n) is 14.3. The van der Waals surface area contributed by atoms with Crippen LogP contribution in [0.3, 0.4) is 0 Å². The topological polar surface area (TPSA) is 241 Å². The van der Waals surface area contributed by atoms with E-state index in [0.717, 1.165) is 22.5 Å². The highest BCUT2D eigenvalue weighted by atomic mass is 28.4. The number of nitrogens with two attached hydrogens (primary N) is 1. The molecular formula is C52H69N7O12Si. The summed E-state index contributed by atoms with van der Waals surface area (Å²) in [5, 5.41) is 19.1. The zero-order chi connectivity index (χ0) is 52.4. The van der Waals surface area contributed by atoms with E-state index < -0.39 is 62.5 Å². The van der Waals surface area contributed by atoms with Crippen LogP contribution in [-0.4, -0.2) is 123 Å². The van der Waals surface area contributed by atoms with Crippen LogP contribution < -0.4 is 45.5 Å². The molecule has 0 spiro atoms. The largest absolute Gasteiger partial charge is 0.493 e. The van der Waals surface area contributed by atoms with Crippen molar-refractivity contribution < 1.29 is 57.2 Å². The van der Waals surface area contributed by atoms with Crippen molar-refractivity contribution in [1.29, 1.82) is 0 Å². The average Bonchev–Trinajstić information content (AvgIpc) is 3.98. The smallest absolute Gasteiger partial charge is 0.414 e. The van der Waals surface area contributed by atoms with Gasteiger partial charge in [-0.15, -0.1) is 0 Å². The lowest BCUT2D eigenvalue weighted by molar-refractivity contribution is -0.127. The molecule has 0 saturated carbocycles. The third-order valence-corrected chi connectivity index (χ3v) is 18.8. The molecule has 0 bridgehead atoms. The Morgan fingerprint density at radius 3 is 2.08 bits per heavy atom. The first-order valence-corrected chi connectivity index (χ1v) is 27.5. The van der Waals surface area contributed by atoms with Gasteiger partial charge >= 0.3 is 6.09 Å². The van der Waals surface area contributed by atoms with Gasteiger partial charge in [0, 0.05) is 30.6 Å². The molecule has 72 heavy (non-hydrogen) atoms. The summed E-state index contributed by atoms with van der Waals surface area (Å²) in [5.41, 5.74) is 8.89. The number of fused-ring (bicyclic) bond motifs is 4. The van der Waals surface area contributed by atoms with E-state index in [9.17, 15) is 33.9 Å². The van der Waals surface area contributed by atoms with Crippen molar-refractivity contribution in [1.82, 2.24) is 15.1 Å². The van der Waals surface area contributed by atoms with Crippen molar-refractivity contribution in [3.05, 3.63) is 71.4 Å². The monoisotopic (exact) mass is 1010 g/mol. The Labute approximate surface area is 421 Å². The van der Waals surface area contributed by atoms with Crippen molar-refractivity contribution in [2.45, 2.75) is 129 Å². The molecule has 19 nitrogen and oxygen atoms in total. The fourth-order valence-corrected chi connectivity index (χ4v) is 10.2. The summed E-state index contributed by atoms with van der Waals surface area (Å²) < 4.78 is 30.7. The van der Waals surface area contributed by atoms with E-state index in [1.807, 2.05) is 39.1 Å².